The summed E-state index contributed by atoms with van der Waals surface area (Å²) in [5.41, 5.74) is 1.52. The van der Waals surface area contributed by atoms with Crippen LogP contribution in [0.15, 0.2) is 48.5 Å². The van der Waals surface area contributed by atoms with Crippen LogP contribution in [-0.4, -0.2) is 6.04 Å². The maximum absolute atomic E-state index is 14.0. The number of nitriles is 1. The molecule has 0 amide bonds. The van der Waals surface area contributed by atoms with Crippen molar-refractivity contribution in [2.45, 2.75) is 24.7 Å². The molecule has 0 heterocycles. The van der Waals surface area contributed by atoms with Crippen molar-refractivity contribution in [2.75, 3.05) is 0 Å². The van der Waals surface area contributed by atoms with Crippen molar-refractivity contribution in [2.24, 2.45) is 5.41 Å². The zero-order valence-corrected chi connectivity index (χ0v) is 12.1. The van der Waals surface area contributed by atoms with Crippen LogP contribution in [0.5, 0.6) is 0 Å². The minimum Gasteiger partial charge on any atom is -0.261 e. The highest BCUT2D eigenvalue weighted by atomic mass is 19.1. The van der Waals surface area contributed by atoms with Crippen molar-refractivity contribution in [3.05, 3.63) is 70.8 Å². The van der Waals surface area contributed by atoms with Gasteiger partial charge in [0.1, 0.15) is 5.41 Å². The first-order valence-electron chi connectivity index (χ1n) is 7.34. The average molecular weight is 291 g/mol. The highest BCUT2D eigenvalue weighted by molar-refractivity contribution is 5.82. The standard InChI is InChI=1S/C19H14FNO/c1-18(17(20)22)10-19(11-21)14-8-4-2-6-12(14)16(18)13-7-3-5-9-15(13)19/h2-9,16H,10H2,1H3. The Morgan fingerprint density at radius 2 is 1.64 bits per heavy atom. The van der Waals surface area contributed by atoms with Gasteiger partial charge in [0.2, 0.25) is 0 Å². The lowest BCUT2D eigenvalue weighted by Crippen LogP contribution is -2.51. The average Bonchev–Trinajstić information content (AvgIpc) is 2.55. The Labute approximate surface area is 128 Å². The van der Waals surface area contributed by atoms with Crippen LogP contribution in [-0.2, 0) is 10.2 Å². The van der Waals surface area contributed by atoms with Crippen molar-refractivity contribution in [1.82, 2.24) is 0 Å². The molecule has 108 valence electrons. The predicted octanol–water partition coefficient (Wildman–Crippen LogP) is 3.85. The molecule has 0 aromatic heterocycles. The summed E-state index contributed by atoms with van der Waals surface area (Å²) in [6.07, 6.45) is 0.199. The third-order valence-corrected chi connectivity index (χ3v) is 5.37. The first-order chi connectivity index (χ1) is 10.5. The van der Waals surface area contributed by atoms with Gasteiger partial charge in [-0.25, -0.2) is 0 Å². The van der Waals surface area contributed by atoms with Crippen LogP contribution in [0, 0.1) is 16.7 Å². The summed E-state index contributed by atoms with van der Waals surface area (Å²) in [5.74, 6) is -0.326. The Balaban J connectivity index is 2.16. The van der Waals surface area contributed by atoms with Gasteiger partial charge in [-0.15, -0.1) is 0 Å². The number of hydrogen-bond acceptors (Lipinski definition) is 2. The van der Waals surface area contributed by atoms with Gasteiger partial charge in [0.25, 0.3) is 0 Å². The molecule has 3 heteroatoms. The monoisotopic (exact) mass is 291 g/mol. The van der Waals surface area contributed by atoms with Crippen LogP contribution >= 0.6 is 0 Å². The smallest absolute Gasteiger partial charge is 0.261 e. The Bertz CT molecular complexity index is 803. The fraction of sp³-hybridized carbons (Fsp3) is 0.263. The van der Waals surface area contributed by atoms with E-state index in [-0.39, 0.29) is 12.3 Å². The van der Waals surface area contributed by atoms with Gasteiger partial charge in [0, 0.05) is 5.92 Å². The van der Waals surface area contributed by atoms with Gasteiger partial charge in [-0.05, 0) is 35.6 Å². The molecular weight excluding hydrogens is 277 g/mol. The molecule has 2 aromatic carbocycles. The lowest BCUT2D eigenvalue weighted by Gasteiger charge is -2.53. The third-order valence-electron chi connectivity index (χ3n) is 5.37. The van der Waals surface area contributed by atoms with Gasteiger partial charge in [0.05, 0.1) is 11.5 Å². The lowest BCUT2D eigenvalue weighted by atomic mass is 9.47. The number of halogens is 1. The van der Waals surface area contributed by atoms with Gasteiger partial charge in [0.15, 0.2) is 0 Å². The number of fused-ring (bicyclic) bond motifs is 1. The summed E-state index contributed by atoms with van der Waals surface area (Å²) in [7, 11) is 0. The Hall–Kier alpha value is -2.47. The van der Waals surface area contributed by atoms with Crippen molar-refractivity contribution >= 4 is 6.04 Å². The molecule has 1 unspecified atom stereocenters. The summed E-state index contributed by atoms with van der Waals surface area (Å²) >= 11 is 0. The van der Waals surface area contributed by atoms with Crippen molar-refractivity contribution < 1.29 is 9.18 Å². The molecule has 22 heavy (non-hydrogen) atoms. The molecule has 3 aliphatic carbocycles. The van der Waals surface area contributed by atoms with Crippen molar-refractivity contribution in [1.29, 1.82) is 5.26 Å². The molecule has 0 saturated heterocycles. The SMILES string of the molecule is CC1(C(=O)F)CC2(C#N)c3ccccc3C1c1ccccc12. The van der Waals surface area contributed by atoms with Crippen molar-refractivity contribution in [3.63, 3.8) is 0 Å². The van der Waals surface area contributed by atoms with Gasteiger partial charge >= 0.3 is 6.04 Å². The number of benzene rings is 2. The zero-order valence-electron chi connectivity index (χ0n) is 12.1. The van der Waals surface area contributed by atoms with E-state index in [4.69, 9.17) is 0 Å². The van der Waals surface area contributed by atoms with E-state index in [2.05, 4.69) is 6.07 Å². The molecule has 3 aliphatic rings. The molecule has 5 rings (SSSR count). The molecule has 0 radical (unpaired) electrons. The van der Waals surface area contributed by atoms with E-state index in [0.29, 0.717) is 0 Å². The lowest BCUT2D eigenvalue weighted by molar-refractivity contribution is -0.142. The van der Waals surface area contributed by atoms with Crippen LogP contribution in [0.4, 0.5) is 4.39 Å². The van der Waals surface area contributed by atoms with E-state index in [1.54, 1.807) is 6.92 Å². The molecule has 0 fully saturated rings. The molecule has 0 spiro atoms. The summed E-state index contributed by atoms with van der Waals surface area (Å²) in [5, 5.41) is 9.99. The summed E-state index contributed by atoms with van der Waals surface area (Å²) in [6, 6.07) is 16.4. The van der Waals surface area contributed by atoms with Crippen LogP contribution in [0.1, 0.15) is 41.5 Å². The Morgan fingerprint density at radius 1 is 1.14 bits per heavy atom. The number of carbonyl (C=O) groups is 1. The van der Waals surface area contributed by atoms with E-state index in [9.17, 15) is 14.4 Å². The molecule has 1 atom stereocenters. The van der Waals surface area contributed by atoms with Crippen LogP contribution in [0.2, 0.25) is 0 Å². The topological polar surface area (TPSA) is 40.9 Å². The summed E-state index contributed by atoms with van der Waals surface area (Å²) in [4.78, 5) is 11.8. The molecule has 0 aliphatic heterocycles. The van der Waals surface area contributed by atoms with E-state index in [0.717, 1.165) is 22.3 Å². The fourth-order valence-corrected chi connectivity index (χ4v) is 4.46. The van der Waals surface area contributed by atoms with E-state index < -0.39 is 16.9 Å². The summed E-state index contributed by atoms with van der Waals surface area (Å²) in [6.45, 7) is 1.65. The van der Waals surface area contributed by atoms with Crippen molar-refractivity contribution in [3.8, 4) is 6.07 Å². The maximum Gasteiger partial charge on any atom is 0.308 e. The number of nitrogens with zero attached hydrogens (tertiary/aromatic N) is 1. The molecule has 2 aromatic rings. The van der Waals surface area contributed by atoms with E-state index in [1.165, 1.54) is 0 Å². The highest BCUT2D eigenvalue weighted by Crippen LogP contribution is 2.63. The van der Waals surface area contributed by atoms with Gasteiger partial charge in [-0.1, -0.05) is 48.5 Å². The molecular formula is C19H14FNO. The first kappa shape index (κ1) is 13.2. The van der Waals surface area contributed by atoms with E-state index >= 15 is 0 Å². The fourth-order valence-electron chi connectivity index (χ4n) is 4.46. The van der Waals surface area contributed by atoms with Gasteiger partial charge in [-0.2, -0.15) is 9.65 Å². The maximum atomic E-state index is 14.0. The predicted molar refractivity (Wildman–Crippen MR) is 80.0 cm³/mol. The number of rotatable bonds is 1. The Morgan fingerprint density at radius 3 is 2.09 bits per heavy atom. The molecule has 0 saturated carbocycles. The second-order valence-corrected chi connectivity index (χ2v) is 6.49. The number of hydrogen-bond donors (Lipinski definition) is 0. The minimum atomic E-state index is -1.33. The van der Waals surface area contributed by atoms with Crippen LogP contribution < -0.4 is 0 Å². The van der Waals surface area contributed by atoms with Gasteiger partial charge < -0.3 is 0 Å². The van der Waals surface area contributed by atoms with Crippen LogP contribution in [0.25, 0.3) is 0 Å². The van der Waals surface area contributed by atoms with Gasteiger partial charge in [-0.3, -0.25) is 4.79 Å². The minimum absolute atomic E-state index is 0.199. The summed E-state index contributed by atoms with van der Waals surface area (Å²) < 4.78 is 14.0. The molecule has 2 nitrogen and oxygen atoms in total. The highest BCUT2D eigenvalue weighted by Gasteiger charge is 2.61. The second-order valence-electron chi connectivity index (χ2n) is 6.49. The quantitative estimate of drug-likeness (QED) is 0.749. The second kappa shape index (κ2) is 4.04. The van der Waals surface area contributed by atoms with Crippen LogP contribution in [0.3, 0.4) is 0 Å². The zero-order chi connectivity index (χ0) is 15.5. The third kappa shape index (κ3) is 1.31. The molecule has 0 N–H and O–H groups in total. The first-order valence-corrected chi connectivity index (χ1v) is 7.34. The number of carbonyl (C=O) groups excluding carboxylic acids is 1. The van der Waals surface area contributed by atoms with E-state index in [1.807, 2.05) is 48.5 Å². The Kier molecular flexibility index (Phi) is 2.43. The largest absolute Gasteiger partial charge is 0.308 e. The molecule has 2 bridgehead atoms. The normalized spacial score (nSPS) is 31.0.